The monoisotopic (exact) mass is 310 g/mol. The largest absolute Gasteiger partial charge is 1.00 e. The Labute approximate surface area is 131 Å². The molecule has 20 heavy (non-hydrogen) atoms. The van der Waals surface area contributed by atoms with Gasteiger partial charge in [-0.15, -0.1) is 0 Å². The summed E-state index contributed by atoms with van der Waals surface area (Å²) in [5, 5.41) is 4.21. The third kappa shape index (κ3) is 4.41. The molecule has 0 aliphatic rings. The highest BCUT2D eigenvalue weighted by Gasteiger charge is 2.07. The lowest BCUT2D eigenvalue weighted by molar-refractivity contribution is -0.00000415. The van der Waals surface area contributed by atoms with Crippen LogP contribution in [-0.2, 0) is 6.54 Å². The van der Waals surface area contributed by atoms with E-state index >= 15 is 0 Å². The van der Waals surface area contributed by atoms with Gasteiger partial charge < -0.3 is 22.5 Å². The van der Waals surface area contributed by atoms with E-state index in [9.17, 15) is 0 Å². The summed E-state index contributed by atoms with van der Waals surface area (Å²) in [5.41, 5.74) is 2.33. The summed E-state index contributed by atoms with van der Waals surface area (Å²) in [6, 6.07) is 16.3. The second-order valence-electron chi connectivity index (χ2n) is 4.47. The van der Waals surface area contributed by atoms with E-state index in [0.717, 1.165) is 22.9 Å². The topological polar surface area (TPSA) is 21.3 Å². The first-order valence-electron chi connectivity index (χ1n) is 6.31. The number of nitrogens with one attached hydrogen (secondary N) is 1. The zero-order valence-electron chi connectivity index (χ0n) is 11.6. The van der Waals surface area contributed by atoms with E-state index < -0.39 is 0 Å². The van der Waals surface area contributed by atoms with Gasteiger partial charge >= 0.3 is 0 Å². The minimum Gasteiger partial charge on any atom is -1.00 e. The predicted molar refractivity (Wildman–Crippen MR) is 79.7 cm³/mol. The van der Waals surface area contributed by atoms with Crippen molar-refractivity contribution in [3.05, 3.63) is 64.7 Å². The molecule has 4 heteroatoms. The molecule has 0 fully saturated rings. The molecule has 2 aromatic rings. The van der Waals surface area contributed by atoms with Crippen LogP contribution >= 0.6 is 11.6 Å². The van der Waals surface area contributed by atoms with Gasteiger partial charge in [0.25, 0.3) is 0 Å². The van der Waals surface area contributed by atoms with E-state index in [0.29, 0.717) is 0 Å². The lowest BCUT2D eigenvalue weighted by Gasteiger charge is -2.16. The molecule has 0 aliphatic heterocycles. The van der Waals surface area contributed by atoms with Crippen molar-refractivity contribution in [3.63, 3.8) is 0 Å². The van der Waals surface area contributed by atoms with Gasteiger partial charge in [0.1, 0.15) is 5.75 Å². The molecule has 0 amide bonds. The number of halogens is 2. The van der Waals surface area contributed by atoms with Gasteiger partial charge in [-0.25, -0.2) is 0 Å². The smallest absolute Gasteiger partial charge is 0.123 e. The van der Waals surface area contributed by atoms with Crippen molar-refractivity contribution in [1.82, 2.24) is 5.32 Å². The number of hydrogen-bond donors (Lipinski definition) is 1. The molecule has 0 spiro atoms. The van der Waals surface area contributed by atoms with E-state index in [1.807, 2.05) is 36.4 Å². The van der Waals surface area contributed by atoms with Crippen molar-refractivity contribution in [3.8, 4) is 5.75 Å². The second-order valence-corrected chi connectivity index (χ2v) is 4.91. The lowest BCUT2D eigenvalue weighted by atomic mass is 10.1. The summed E-state index contributed by atoms with van der Waals surface area (Å²) in [5.74, 6) is 0.858. The minimum absolute atomic E-state index is 0. The molecule has 2 rings (SSSR count). The third-order valence-corrected chi connectivity index (χ3v) is 3.38. The van der Waals surface area contributed by atoms with Crippen molar-refractivity contribution in [2.24, 2.45) is 0 Å². The van der Waals surface area contributed by atoms with Gasteiger partial charge in [0, 0.05) is 23.2 Å². The Morgan fingerprint density at radius 1 is 1.15 bits per heavy atom. The fraction of sp³-hybridized carbons (Fsp3) is 0.250. The Morgan fingerprint density at radius 2 is 1.85 bits per heavy atom. The van der Waals surface area contributed by atoms with Crippen molar-refractivity contribution in [2.75, 3.05) is 7.11 Å². The molecule has 0 saturated carbocycles. The van der Waals surface area contributed by atoms with Crippen LogP contribution in [-0.4, -0.2) is 7.11 Å². The van der Waals surface area contributed by atoms with Gasteiger partial charge in [-0.1, -0.05) is 41.9 Å². The Morgan fingerprint density at radius 3 is 2.50 bits per heavy atom. The van der Waals surface area contributed by atoms with E-state index in [-0.39, 0.29) is 18.4 Å². The quantitative estimate of drug-likeness (QED) is 0.896. The highest BCUT2D eigenvalue weighted by Crippen LogP contribution is 2.23. The molecule has 0 bridgehead atoms. The Kier molecular flexibility index (Phi) is 6.86. The van der Waals surface area contributed by atoms with E-state index in [1.165, 1.54) is 5.56 Å². The summed E-state index contributed by atoms with van der Waals surface area (Å²) < 4.78 is 5.34. The minimum atomic E-state index is 0. The summed E-state index contributed by atoms with van der Waals surface area (Å²) in [6.07, 6.45) is 0. The molecule has 1 atom stereocenters. The molecule has 1 N–H and O–H groups in total. The zero-order valence-corrected chi connectivity index (χ0v) is 13.1. The highest BCUT2D eigenvalue weighted by molar-refractivity contribution is 6.30. The van der Waals surface area contributed by atoms with Gasteiger partial charge in [0.05, 0.1) is 7.11 Å². The average Bonchev–Trinajstić information content (AvgIpc) is 2.46. The first kappa shape index (κ1) is 16.8. The Hall–Kier alpha value is -1.22. The van der Waals surface area contributed by atoms with Gasteiger partial charge in [-0.05, 0) is 30.7 Å². The molecule has 108 valence electrons. The molecule has 0 aliphatic carbocycles. The first-order chi connectivity index (χ1) is 9.20. The van der Waals surface area contributed by atoms with Gasteiger partial charge in [0.2, 0.25) is 0 Å². The number of hydrogen-bond acceptors (Lipinski definition) is 2. The molecule has 1 unspecified atom stereocenters. The lowest BCUT2D eigenvalue weighted by Crippen LogP contribution is -3.00. The maximum atomic E-state index is 6.02. The number of ether oxygens (including phenoxy) is 1. The second kappa shape index (κ2) is 8.15. The fourth-order valence-corrected chi connectivity index (χ4v) is 2.20. The van der Waals surface area contributed by atoms with Crippen LogP contribution in [0.4, 0.5) is 0 Å². The maximum absolute atomic E-state index is 6.02. The van der Waals surface area contributed by atoms with Crippen LogP contribution in [0.3, 0.4) is 0 Å². The summed E-state index contributed by atoms with van der Waals surface area (Å²) in [7, 11) is 1.67. The number of benzene rings is 2. The first-order valence-corrected chi connectivity index (χ1v) is 6.69. The molecule has 0 aromatic heterocycles. The van der Waals surface area contributed by atoms with Crippen molar-refractivity contribution in [1.29, 1.82) is 0 Å². The number of methoxy groups -OCH3 is 1. The van der Waals surface area contributed by atoms with Gasteiger partial charge in [-0.2, -0.15) is 0 Å². The molecule has 0 radical (unpaired) electrons. The van der Waals surface area contributed by atoms with E-state index in [4.69, 9.17) is 16.3 Å². The van der Waals surface area contributed by atoms with Crippen LogP contribution in [0.5, 0.6) is 5.75 Å². The maximum Gasteiger partial charge on any atom is 0.123 e. The summed E-state index contributed by atoms with van der Waals surface area (Å²) in [4.78, 5) is 0. The third-order valence-electron chi connectivity index (χ3n) is 3.14. The summed E-state index contributed by atoms with van der Waals surface area (Å²) in [6.45, 7) is 2.87. The van der Waals surface area contributed by atoms with Crippen LogP contribution in [0.15, 0.2) is 48.5 Å². The molecule has 2 aromatic carbocycles. The fourth-order valence-electron chi connectivity index (χ4n) is 2.01. The highest BCUT2D eigenvalue weighted by atomic mass is 35.5. The van der Waals surface area contributed by atoms with Crippen LogP contribution in [0.1, 0.15) is 24.1 Å². The van der Waals surface area contributed by atoms with Crippen LogP contribution in [0, 0.1) is 0 Å². The van der Waals surface area contributed by atoms with Gasteiger partial charge in [-0.3, -0.25) is 0 Å². The SMILES string of the molecule is COc1ccc(Cl)cc1CNC(C)c1ccccc1.[Cl-]. The summed E-state index contributed by atoms with van der Waals surface area (Å²) >= 11 is 6.02. The normalized spacial score (nSPS) is 11.6. The standard InChI is InChI=1S/C16H18ClNO.ClH/c1-12(13-6-4-3-5-7-13)18-11-14-10-15(17)8-9-16(14)19-2;/h3-10,12,18H,11H2,1-2H3;1H/p-1. The van der Waals surface area contributed by atoms with Crippen molar-refractivity contribution in [2.45, 2.75) is 19.5 Å². The van der Waals surface area contributed by atoms with Crippen molar-refractivity contribution < 1.29 is 17.1 Å². The van der Waals surface area contributed by atoms with E-state index in [1.54, 1.807) is 7.11 Å². The van der Waals surface area contributed by atoms with Crippen LogP contribution in [0.2, 0.25) is 5.02 Å². The molecule has 0 saturated heterocycles. The van der Waals surface area contributed by atoms with Crippen LogP contribution in [0.25, 0.3) is 0 Å². The molecular formula is C16H18Cl2NO-. The Balaban J connectivity index is 0.00000200. The van der Waals surface area contributed by atoms with Crippen LogP contribution < -0.4 is 22.5 Å². The Bertz CT molecular complexity index is 531. The molecular weight excluding hydrogens is 293 g/mol. The average molecular weight is 311 g/mol. The zero-order chi connectivity index (χ0) is 13.7. The predicted octanol–water partition coefficient (Wildman–Crippen LogP) is 1.20. The van der Waals surface area contributed by atoms with Crippen molar-refractivity contribution >= 4 is 11.6 Å². The molecule has 2 nitrogen and oxygen atoms in total. The van der Waals surface area contributed by atoms with E-state index in [2.05, 4.69) is 24.4 Å². The number of rotatable bonds is 5. The van der Waals surface area contributed by atoms with Gasteiger partial charge in [0.15, 0.2) is 0 Å². The molecule has 0 heterocycles.